The van der Waals surface area contributed by atoms with E-state index in [-0.39, 0.29) is 6.10 Å². The zero-order chi connectivity index (χ0) is 18.2. The third-order valence-electron chi connectivity index (χ3n) is 4.57. The van der Waals surface area contributed by atoms with Gasteiger partial charge in [0, 0.05) is 17.1 Å². The summed E-state index contributed by atoms with van der Waals surface area (Å²) in [5, 5.41) is 3.50. The summed E-state index contributed by atoms with van der Waals surface area (Å²) in [6.07, 6.45) is 5.17. The van der Waals surface area contributed by atoms with Gasteiger partial charge < -0.3 is 14.8 Å². The summed E-state index contributed by atoms with van der Waals surface area (Å²) in [5.41, 5.74) is 2.49. The Morgan fingerprint density at radius 1 is 1.15 bits per heavy atom. The van der Waals surface area contributed by atoms with Crippen LogP contribution in [0, 0.1) is 0 Å². The van der Waals surface area contributed by atoms with E-state index in [2.05, 4.69) is 58.2 Å². The fourth-order valence-electron chi connectivity index (χ4n) is 3.09. The highest BCUT2D eigenvalue weighted by atomic mass is 79.9. The fourth-order valence-corrected chi connectivity index (χ4v) is 3.35. The van der Waals surface area contributed by atoms with E-state index in [1.54, 1.807) is 0 Å². The molecule has 0 radical (unpaired) electrons. The molecule has 3 nitrogen and oxygen atoms in total. The van der Waals surface area contributed by atoms with Gasteiger partial charge in [0.05, 0.1) is 12.7 Å². The number of allylic oxidation sites excluding steroid dienone is 1. The Morgan fingerprint density at radius 2 is 2.00 bits per heavy atom. The Labute approximate surface area is 164 Å². The lowest BCUT2D eigenvalue weighted by Gasteiger charge is -2.14. The molecule has 2 aromatic rings. The standard InChI is InChI=1S/C22H26BrNO2/c1-2-3-5-17-6-4-7-21(12-17)26-16-20-13-22(14-24-20)25-15-18-8-10-19(23)11-9-18/h2,4,6-12,20,22,24H,1,3,5,13-16H2/t20-,22-/m0/s1. The minimum Gasteiger partial charge on any atom is -0.492 e. The van der Waals surface area contributed by atoms with Gasteiger partial charge in [-0.25, -0.2) is 0 Å². The molecule has 0 aromatic heterocycles. The lowest BCUT2D eigenvalue weighted by atomic mass is 10.1. The smallest absolute Gasteiger partial charge is 0.119 e. The highest BCUT2D eigenvalue weighted by molar-refractivity contribution is 9.10. The molecule has 0 spiro atoms. The molecule has 0 aliphatic carbocycles. The van der Waals surface area contributed by atoms with Crippen LogP contribution in [0.4, 0.5) is 0 Å². The van der Waals surface area contributed by atoms with Crippen LogP contribution in [0.3, 0.4) is 0 Å². The number of rotatable bonds is 9. The summed E-state index contributed by atoms with van der Waals surface area (Å²) in [5.74, 6) is 0.938. The molecule has 1 N–H and O–H groups in total. The van der Waals surface area contributed by atoms with E-state index in [0.29, 0.717) is 19.3 Å². The second-order valence-corrected chi connectivity index (χ2v) is 7.60. The largest absolute Gasteiger partial charge is 0.492 e. The van der Waals surface area contributed by atoms with Crippen molar-refractivity contribution in [2.75, 3.05) is 13.2 Å². The average Bonchev–Trinajstić information content (AvgIpc) is 3.12. The van der Waals surface area contributed by atoms with Crippen LogP contribution in [0.15, 0.2) is 65.7 Å². The molecule has 3 rings (SSSR count). The first-order chi connectivity index (χ1) is 12.7. The van der Waals surface area contributed by atoms with Gasteiger partial charge in [-0.2, -0.15) is 0 Å². The molecule has 1 heterocycles. The zero-order valence-corrected chi connectivity index (χ0v) is 16.6. The molecule has 1 fully saturated rings. The number of hydrogen-bond donors (Lipinski definition) is 1. The highest BCUT2D eigenvalue weighted by Gasteiger charge is 2.25. The van der Waals surface area contributed by atoms with Crippen molar-refractivity contribution >= 4 is 15.9 Å². The van der Waals surface area contributed by atoms with E-state index in [1.807, 2.05) is 24.3 Å². The number of hydrogen-bond acceptors (Lipinski definition) is 3. The first-order valence-electron chi connectivity index (χ1n) is 9.15. The summed E-state index contributed by atoms with van der Waals surface area (Å²) >= 11 is 3.45. The maximum Gasteiger partial charge on any atom is 0.119 e. The van der Waals surface area contributed by atoms with Crippen LogP contribution in [0.5, 0.6) is 5.75 Å². The molecule has 4 heteroatoms. The van der Waals surface area contributed by atoms with Gasteiger partial charge in [-0.3, -0.25) is 0 Å². The van der Waals surface area contributed by atoms with E-state index in [1.165, 1.54) is 11.1 Å². The van der Waals surface area contributed by atoms with E-state index >= 15 is 0 Å². The normalized spacial score (nSPS) is 19.4. The number of aryl methyl sites for hydroxylation is 1. The Balaban J connectivity index is 1.40. The quantitative estimate of drug-likeness (QED) is 0.591. The van der Waals surface area contributed by atoms with Crippen LogP contribution in [0.25, 0.3) is 0 Å². The van der Waals surface area contributed by atoms with Gasteiger partial charge in [-0.05, 0) is 54.7 Å². The van der Waals surface area contributed by atoms with Crippen molar-refractivity contribution in [3.05, 3.63) is 76.8 Å². The third-order valence-corrected chi connectivity index (χ3v) is 5.10. The Hall–Kier alpha value is -1.62. The van der Waals surface area contributed by atoms with Gasteiger partial charge >= 0.3 is 0 Å². The van der Waals surface area contributed by atoms with Crippen LogP contribution in [0.1, 0.15) is 24.0 Å². The number of nitrogens with one attached hydrogen (secondary N) is 1. The van der Waals surface area contributed by atoms with E-state index in [0.717, 1.165) is 36.0 Å². The summed E-state index contributed by atoms with van der Waals surface area (Å²) in [6, 6.07) is 16.9. The number of benzene rings is 2. The lowest BCUT2D eigenvalue weighted by molar-refractivity contribution is 0.0515. The lowest BCUT2D eigenvalue weighted by Crippen LogP contribution is -2.28. The van der Waals surface area contributed by atoms with Crippen molar-refractivity contribution in [1.29, 1.82) is 0 Å². The van der Waals surface area contributed by atoms with Gasteiger partial charge in [0.1, 0.15) is 12.4 Å². The van der Waals surface area contributed by atoms with E-state index in [9.17, 15) is 0 Å². The molecular formula is C22H26BrNO2. The minimum absolute atomic E-state index is 0.242. The van der Waals surface area contributed by atoms with Crippen LogP contribution < -0.4 is 10.1 Å². The van der Waals surface area contributed by atoms with Gasteiger partial charge in [-0.1, -0.05) is 46.3 Å². The van der Waals surface area contributed by atoms with Crippen molar-refractivity contribution in [2.24, 2.45) is 0 Å². The van der Waals surface area contributed by atoms with Crippen molar-refractivity contribution in [2.45, 2.75) is 38.0 Å². The Morgan fingerprint density at radius 3 is 2.81 bits per heavy atom. The molecule has 1 saturated heterocycles. The Bertz CT molecular complexity index is 702. The first kappa shape index (κ1) is 19.2. The van der Waals surface area contributed by atoms with E-state index < -0.39 is 0 Å². The van der Waals surface area contributed by atoms with Crippen molar-refractivity contribution in [3.63, 3.8) is 0 Å². The Kier molecular flexibility index (Phi) is 7.30. The van der Waals surface area contributed by atoms with Crippen molar-refractivity contribution < 1.29 is 9.47 Å². The molecule has 2 atom stereocenters. The van der Waals surface area contributed by atoms with Gasteiger partial charge in [0.2, 0.25) is 0 Å². The highest BCUT2D eigenvalue weighted by Crippen LogP contribution is 2.18. The molecule has 0 unspecified atom stereocenters. The van der Waals surface area contributed by atoms with Crippen LogP contribution in [0.2, 0.25) is 0 Å². The fraction of sp³-hybridized carbons (Fsp3) is 0.364. The minimum atomic E-state index is 0.242. The predicted octanol–water partition coefficient (Wildman–Crippen LogP) is 4.89. The van der Waals surface area contributed by atoms with Gasteiger partial charge in [-0.15, -0.1) is 6.58 Å². The predicted molar refractivity (Wildman–Crippen MR) is 110 cm³/mol. The molecule has 138 valence electrons. The van der Waals surface area contributed by atoms with Gasteiger partial charge in [0.25, 0.3) is 0 Å². The monoisotopic (exact) mass is 415 g/mol. The summed E-state index contributed by atoms with van der Waals surface area (Å²) in [4.78, 5) is 0. The van der Waals surface area contributed by atoms with Crippen molar-refractivity contribution in [1.82, 2.24) is 5.32 Å². The average molecular weight is 416 g/mol. The number of halogens is 1. The molecule has 0 amide bonds. The summed E-state index contributed by atoms with van der Waals surface area (Å²) < 4.78 is 13.1. The molecule has 26 heavy (non-hydrogen) atoms. The molecule has 1 aliphatic heterocycles. The SMILES string of the molecule is C=CCCc1cccc(OC[C@@H]2C[C@H](OCc3ccc(Br)cc3)CN2)c1. The number of ether oxygens (including phenoxy) is 2. The van der Waals surface area contributed by atoms with Crippen LogP contribution in [-0.4, -0.2) is 25.3 Å². The molecular weight excluding hydrogens is 390 g/mol. The molecule has 0 saturated carbocycles. The third kappa shape index (κ3) is 5.97. The van der Waals surface area contributed by atoms with E-state index in [4.69, 9.17) is 9.47 Å². The topological polar surface area (TPSA) is 30.5 Å². The van der Waals surface area contributed by atoms with Crippen molar-refractivity contribution in [3.8, 4) is 5.75 Å². The summed E-state index contributed by atoms with van der Waals surface area (Å²) in [6.45, 7) is 5.98. The maximum atomic E-state index is 6.03. The first-order valence-corrected chi connectivity index (χ1v) is 9.94. The second-order valence-electron chi connectivity index (χ2n) is 6.69. The maximum absolute atomic E-state index is 6.03. The zero-order valence-electron chi connectivity index (χ0n) is 15.0. The molecule has 1 aliphatic rings. The summed E-state index contributed by atoms with van der Waals surface area (Å²) in [7, 11) is 0. The van der Waals surface area contributed by atoms with Crippen LogP contribution in [-0.2, 0) is 17.8 Å². The van der Waals surface area contributed by atoms with Gasteiger partial charge in [0.15, 0.2) is 0 Å². The second kappa shape index (κ2) is 9.91. The molecule has 2 aromatic carbocycles. The molecule has 0 bridgehead atoms. The van der Waals surface area contributed by atoms with Crippen LogP contribution >= 0.6 is 15.9 Å².